The lowest BCUT2D eigenvalue weighted by molar-refractivity contribution is -0.136. The van der Waals surface area contributed by atoms with Crippen LogP contribution in [0.5, 0.6) is 0 Å². The number of aliphatic carboxylic acids is 1. The Morgan fingerprint density at radius 2 is 2.45 bits per heavy atom. The van der Waals surface area contributed by atoms with Gasteiger partial charge in [-0.25, -0.2) is 0 Å². The predicted molar refractivity (Wildman–Crippen MR) is 39.3 cm³/mol. The summed E-state index contributed by atoms with van der Waals surface area (Å²) in [6.45, 7) is 1.80. The van der Waals surface area contributed by atoms with Crippen LogP contribution in [-0.4, -0.2) is 20.9 Å². The zero-order valence-corrected chi connectivity index (χ0v) is 6.53. The highest BCUT2D eigenvalue weighted by Gasteiger charge is 2.06. The van der Waals surface area contributed by atoms with Crippen LogP contribution < -0.4 is 0 Å². The normalized spacial score (nSPS) is 10.0. The zero-order chi connectivity index (χ0) is 8.43. The van der Waals surface area contributed by atoms with Crippen molar-refractivity contribution in [3.63, 3.8) is 0 Å². The van der Waals surface area contributed by atoms with Gasteiger partial charge < -0.3 is 5.11 Å². The van der Waals surface area contributed by atoms with Crippen molar-refractivity contribution in [2.75, 3.05) is 0 Å². The maximum absolute atomic E-state index is 10.3. The summed E-state index contributed by atoms with van der Waals surface area (Å²) in [7, 11) is 1.78. The zero-order valence-electron chi connectivity index (χ0n) is 6.53. The summed E-state index contributed by atoms with van der Waals surface area (Å²) >= 11 is 0. The van der Waals surface area contributed by atoms with Gasteiger partial charge in [-0.1, -0.05) is 0 Å². The lowest BCUT2D eigenvalue weighted by Crippen LogP contribution is -1.99. The lowest BCUT2D eigenvalue weighted by Gasteiger charge is -1.89. The first-order chi connectivity index (χ1) is 5.09. The number of hydrogen-bond donors (Lipinski definition) is 1. The minimum atomic E-state index is -0.818. The molecule has 0 aliphatic carbocycles. The van der Waals surface area contributed by atoms with Gasteiger partial charge in [0.15, 0.2) is 0 Å². The van der Waals surface area contributed by atoms with Crippen molar-refractivity contribution in [2.45, 2.75) is 13.3 Å². The largest absolute Gasteiger partial charge is 0.481 e. The molecule has 0 aliphatic rings. The number of aromatic nitrogens is 2. The third-order valence-electron chi connectivity index (χ3n) is 1.46. The number of aryl methyl sites for hydroxylation is 2. The molecule has 0 saturated heterocycles. The van der Waals surface area contributed by atoms with E-state index in [4.69, 9.17) is 5.11 Å². The standard InChI is InChI=1S/C7H10N2O2/c1-5-6(3-7(10)11)4-9(2)8-5/h4H,3H2,1-2H3,(H,10,11). The summed E-state index contributed by atoms with van der Waals surface area (Å²) in [5.41, 5.74) is 1.56. The van der Waals surface area contributed by atoms with Crippen LogP contribution in [0, 0.1) is 6.92 Å². The van der Waals surface area contributed by atoms with Gasteiger partial charge in [0.1, 0.15) is 0 Å². The summed E-state index contributed by atoms with van der Waals surface area (Å²) < 4.78 is 1.62. The van der Waals surface area contributed by atoms with E-state index in [0.29, 0.717) is 0 Å². The third-order valence-corrected chi connectivity index (χ3v) is 1.46. The fourth-order valence-electron chi connectivity index (χ4n) is 0.985. The van der Waals surface area contributed by atoms with Crippen molar-refractivity contribution in [1.82, 2.24) is 9.78 Å². The highest BCUT2D eigenvalue weighted by atomic mass is 16.4. The molecule has 1 aromatic heterocycles. The highest BCUT2D eigenvalue weighted by molar-refractivity contribution is 5.70. The molecule has 1 aromatic rings. The second kappa shape index (κ2) is 2.74. The van der Waals surface area contributed by atoms with Gasteiger partial charge in [0.05, 0.1) is 12.1 Å². The highest BCUT2D eigenvalue weighted by Crippen LogP contribution is 2.04. The van der Waals surface area contributed by atoms with E-state index in [-0.39, 0.29) is 6.42 Å². The molecule has 0 unspecified atom stereocenters. The van der Waals surface area contributed by atoms with Crippen molar-refractivity contribution >= 4 is 5.97 Å². The first-order valence-corrected chi connectivity index (χ1v) is 3.30. The fourth-order valence-corrected chi connectivity index (χ4v) is 0.985. The average molecular weight is 154 g/mol. The molecule has 4 nitrogen and oxygen atoms in total. The topological polar surface area (TPSA) is 55.1 Å². The second-order valence-electron chi connectivity index (χ2n) is 2.48. The van der Waals surface area contributed by atoms with Gasteiger partial charge in [-0.2, -0.15) is 5.10 Å². The van der Waals surface area contributed by atoms with Gasteiger partial charge in [-0.05, 0) is 6.92 Å². The molecule has 0 saturated carbocycles. The molecule has 0 amide bonds. The Bertz CT molecular complexity index is 278. The maximum atomic E-state index is 10.3. The Balaban J connectivity index is 2.85. The molecule has 0 aliphatic heterocycles. The Morgan fingerprint density at radius 3 is 2.82 bits per heavy atom. The Kier molecular flexibility index (Phi) is 1.94. The first kappa shape index (κ1) is 7.78. The van der Waals surface area contributed by atoms with Crippen LogP contribution in [0.4, 0.5) is 0 Å². The molecule has 11 heavy (non-hydrogen) atoms. The van der Waals surface area contributed by atoms with E-state index in [2.05, 4.69) is 5.10 Å². The van der Waals surface area contributed by atoms with Gasteiger partial charge >= 0.3 is 5.97 Å². The molecule has 0 atom stereocenters. The van der Waals surface area contributed by atoms with E-state index in [9.17, 15) is 4.79 Å². The number of carbonyl (C=O) groups is 1. The Morgan fingerprint density at radius 1 is 1.82 bits per heavy atom. The summed E-state index contributed by atoms with van der Waals surface area (Å²) in [4.78, 5) is 10.3. The fraction of sp³-hybridized carbons (Fsp3) is 0.429. The Hall–Kier alpha value is -1.32. The van der Waals surface area contributed by atoms with E-state index in [0.717, 1.165) is 11.3 Å². The molecule has 4 heteroatoms. The van der Waals surface area contributed by atoms with Crippen molar-refractivity contribution in [1.29, 1.82) is 0 Å². The van der Waals surface area contributed by atoms with Gasteiger partial charge in [-0.15, -0.1) is 0 Å². The van der Waals surface area contributed by atoms with Gasteiger partial charge in [0, 0.05) is 18.8 Å². The Labute approximate surface area is 64.5 Å². The van der Waals surface area contributed by atoms with Gasteiger partial charge in [0.2, 0.25) is 0 Å². The summed E-state index contributed by atoms with van der Waals surface area (Å²) in [5.74, 6) is -0.818. The van der Waals surface area contributed by atoms with E-state index in [1.165, 1.54) is 0 Å². The van der Waals surface area contributed by atoms with E-state index >= 15 is 0 Å². The quantitative estimate of drug-likeness (QED) is 0.669. The third kappa shape index (κ3) is 1.80. The van der Waals surface area contributed by atoms with E-state index < -0.39 is 5.97 Å². The lowest BCUT2D eigenvalue weighted by atomic mass is 10.2. The van der Waals surface area contributed by atoms with Crippen LogP contribution in [0.2, 0.25) is 0 Å². The average Bonchev–Trinajstić information content (AvgIpc) is 2.09. The molecular weight excluding hydrogens is 144 g/mol. The first-order valence-electron chi connectivity index (χ1n) is 3.30. The molecule has 0 aromatic carbocycles. The molecule has 0 fully saturated rings. The monoisotopic (exact) mass is 154 g/mol. The van der Waals surface area contributed by atoms with Crippen LogP contribution in [0.25, 0.3) is 0 Å². The molecule has 60 valence electrons. The van der Waals surface area contributed by atoms with Gasteiger partial charge in [0.25, 0.3) is 0 Å². The van der Waals surface area contributed by atoms with Gasteiger partial charge in [-0.3, -0.25) is 9.48 Å². The van der Waals surface area contributed by atoms with Crippen molar-refractivity contribution in [3.8, 4) is 0 Å². The number of nitrogens with zero attached hydrogens (tertiary/aromatic N) is 2. The molecular formula is C7H10N2O2. The van der Waals surface area contributed by atoms with Crippen molar-refractivity contribution in [2.24, 2.45) is 7.05 Å². The number of carboxylic acid groups (broad SMARTS) is 1. The molecule has 0 spiro atoms. The van der Waals surface area contributed by atoms with Crippen LogP contribution in [0.15, 0.2) is 6.20 Å². The predicted octanol–water partition coefficient (Wildman–Crippen LogP) is 0.356. The smallest absolute Gasteiger partial charge is 0.307 e. The van der Waals surface area contributed by atoms with Crippen LogP contribution in [0.1, 0.15) is 11.3 Å². The molecule has 1 heterocycles. The summed E-state index contributed by atoms with van der Waals surface area (Å²) in [6, 6.07) is 0. The number of rotatable bonds is 2. The SMILES string of the molecule is Cc1nn(C)cc1CC(=O)O. The van der Waals surface area contributed by atoms with E-state index in [1.54, 1.807) is 24.9 Å². The van der Waals surface area contributed by atoms with E-state index in [1.807, 2.05) is 0 Å². The number of carboxylic acids is 1. The van der Waals surface area contributed by atoms with Crippen LogP contribution in [-0.2, 0) is 18.3 Å². The van der Waals surface area contributed by atoms with Crippen LogP contribution >= 0.6 is 0 Å². The van der Waals surface area contributed by atoms with Crippen molar-refractivity contribution < 1.29 is 9.90 Å². The number of hydrogen-bond acceptors (Lipinski definition) is 2. The molecule has 0 bridgehead atoms. The molecule has 0 radical (unpaired) electrons. The molecule has 1 rings (SSSR count). The minimum absolute atomic E-state index is 0.0552. The maximum Gasteiger partial charge on any atom is 0.307 e. The summed E-state index contributed by atoms with van der Waals surface area (Å²) in [5, 5.41) is 12.5. The van der Waals surface area contributed by atoms with Crippen molar-refractivity contribution in [3.05, 3.63) is 17.5 Å². The minimum Gasteiger partial charge on any atom is -0.481 e. The second-order valence-corrected chi connectivity index (χ2v) is 2.48. The summed E-state index contributed by atoms with van der Waals surface area (Å²) in [6.07, 6.45) is 1.78. The molecule has 1 N–H and O–H groups in total. The van der Waals surface area contributed by atoms with Crippen LogP contribution in [0.3, 0.4) is 0 Å².